The van der Waals surface area contributed by atoms with Crippen molar-refractivity contribution in [1.29, 1.82) is 0 Å². The molecule has 1 aliphatic rings. The molecule has 1 unspecified atom stereocenters. The van der Waals surface area contributed by atoms with Crippen molar-refractivity contribution in [3.8, 4) is 0 Å². The molecule has 1 fully saturated rings. The fraction of sp³-hybridized carbons (Fsp3) is 0.429. The molecule has 1 saturated heterocycles. The zero-order chi connectivity index (χ0) is 7.56. The molecule has 0 aromatic rings. The van der Waals surface area contributed by atoms with Gasteiger partial charge in [-0.25, -0.2) is 0 Å². The molecular weight excluding hydrogens is 132 g/mol. The number of ether oxygens (including phenoxy) is 1. The van der Waals surface area contributed by atoms with Gasteiger partial charge in [0, 0.05) is 6.42 Å². The summed E-state index contributed by atoms with van der Waals surface area (Å²) in [6.45, 7) is 3.65. The first-order valence-electron chi connectivity index (χ1n) is 3.08. The number of carbonyl (C=O) groups is 2. The molecule has 1 aliphatic heterocycles. The monoisotopic (exact) mass is 140 g/mol. The largest absolute Gasteiger partial charge is 0.465 e. The number of rotatable bonds is 2. The third-order valence-corrected chi connectivity index (χ3v) is 1.48. The minimum Gasteiger partial charge on any atom is -0.465 e. The highest BCUT2D eigenvalue weighted by Gasteiger charge is 2.30. The lowest BCUT2D eigenvalue weighted by Gasteiger charge is -1.96. The molecule has 1 heterocycles. The standard InChI is InChI=1S/C7H8O3/c1-2-6(8)5-3-4-10-7(5)9/h2,5H,1,3-4H2. The molecule has 0 N–H and O–H groups in total. The molecule has 1 atom stereocenters. The van der Waals surface area contributed by atoms with E-state index in [2.05, 4.69) is 11.3 Å². The van der Waals surface area contributed by atoms with Gasteiger partial charge in [0.1, 0.15) is 5.92 Å². The van der Waals surface area contributed by atoms with E-state index in [9.17, 15) is 9.59 Å². The zero-order valence-electron chi connectivity index (χ0n) is 5.50. The van der Waals surface area contributed by atoms with Crippen LogP contribution in [0.3, 0.4) is 0 Å². The van der Waals surface area contributed by atoms with Gasteiger partial charge in [0.15, 0.2) is 5.78 Å². The van der Waals surface area contributed by atoms with E-state index in [0.29, 0.717) is 13.0 Å². The van der Waals surface area contributed by atoms with Crippen LogP contribution in [0.25, 0.3) is 0 Å². The number of hydrogen-bond donors (Lipinski definition) is 0. The number of cyclic esters (lactones) is 1. The van der Waals surface area contributed by atoms with Crippen molar-refractivity contribution in [2.24, 2.45) is 5.92 Å². The topological polar surface area (TPSA) is 43.4 Å². The molecule has 0 radical (unpaired) electrons. The fourth-order valence-electron chi connectivity index (χ4n) is 0.896. The van der Waals surface area contributed by atoms with E-state index < -0.39 is 11.9 Å². The molecule has 0 amide bonds. The minimum atomic E-state index is -0.572. The predicted molar refractivity (Wildman–Crippen MR) is 34.3 cm³/mol. The van der Waals surface area contributed by atoms with Crippen molar-refractivity contribution in [3.05, 3.63) is 12.7 Å². The summed E-state index contributed by atoms with van der Waals surface area (Å²) >= 11 is 0. The molecule has 10 heavy (non-hydrogen) atoms. The first kappa shape index (κ1) is 6.99. The number of carbonyl (C=O) groups excluding carboxylic acids is 2. The van der Waals surface area contributed by atoms with Crippen LogP contribution in [0.4, 0.5) is 0 Å². The summed E-state index contributed by atoms with van der Waals surface area (Å²) in [7, 11) is 0. The van der Waals surface area contributed by atoms with Gasteiger partial charge in [-0.3, -0.25) is 9.59 Å². The van der Waals surface area contributed by atoms with Crippen molar-refractivity contribution in [1.82, 2.24) is 0 Å². The Morgan fingerprint density at radius 3 is 2.90 bits per heavy atom. The van der Waals surface area contributed by atoms with Crippen LogP contribution in [0.5, 0.6) is 0 Å². The molecule has 1 rings (SSSR count). The molecule has 3 heteroatoms. The molecule has 3 nitrogen and oxygen atoms in total. The SMILES string of the molecule is C=CC(=O)C1CCOC1=O. The quantitative estimate of drug-likeness (QED) is 0.315. The Morgan fingerprint density at radius 2 is 2.50 bits per heavy atom. The van der Waals surface area contributed by atoms with Gasteiger partial charge in [0.2, 0.25) is 0 Å². The Kier molecular flexibility index (Phi) is 1.85. The van der Waals surface area contributed by atoms with Crippen molar-refractivity contribution >= 4 is 11.8 Å². The minimum absolute atomic E-state index is 0.234. The number of esters is 1. The summed E-state index contributed by atoms with van der Waals surface area (Å²) in [6, 6.07) is 0. The maximum atomic E-state index is 10.8. The highest BCUT2D eigenvalue weighted by Crippen LogP contribution is 2.15. The predicted octanol–water partition coefficient (Wildman–Crippen LogP) is 0.305. The summed E-state index contributed by atoms with van der Waals surface area (Å²) in [4.78, 5) is 21.5. The van der Waals surface area contributed by atoms with Gasteiger partial charge in [-0.05, 0) is 6.08 Å². The van der Waals surface area contributed by atoms with E-state index in [0.717, 1.165) is 6.08 Å². The summed E-state index contributed by atoms with van der Waals surface area (Å²) in [5.74, 6) is -1.22. The summed E-state index contributed by atoms with van der Waals surface area (Å²) in [5, 5.41) is 0. The lowest BCUT2D eigenvalue weighted by atomic mass is 10.0. The van der Waals surface area contributed by atoms with E-state index in [1.165, 1.54) is 0 Å². The van der Waals surface area contributed by atoms with Gasteiger partial charge in [-0.1, -0.05) is 6.58 Å². The molecule has 0 spiro atoms. The van der Waals surface area contributed by atoms with Crippen LogP contribution in [0.2, 0.25) is 0 Å². The van der Waals surface area contributed by atoms with Crippen LogP contribution >= 0.6 is 0 Å². The third kappa shape index (κ3) is 1.07. The second-order valence-corrected chi connectivity index (χ2v) is 2.12. The third-order valence-electron chi connectivity index (χ3n) is 1.48. The summed E-state index contributed by atoms with van der Waals surface area (Å²) < 4.78 is 4.58. The van der Waals surface area contributed by atoms with E-state index in [4.69, 9.17) is 0 Å². The van der Waals surface area contributed by atoms with Gasteiger partial charge >= 0.3 is 5.97 Å². The van der Waals surface area contributed by atoms with Gasteiger partial charge in [-0.2, -0.15) is 0 Å². The zero-order valence-corrected chi connectivity index (χ0v) is 5.50. The van der Waals surface area contributed by atoms with Crippen molar-refractivity contribution in [2.75, 3.05) is 6.61 Å². The maximum Gasteiger partial charge on any atom is 0.316 e. The highest BCUT2D eigenvalue weighted by atomic mass is 16.5. The molecule has 0 aliphatic carbocycles. The summed E-state index contributed by atoms with van der Waals surface area (Å²) in [5.41, 5.74) is 0. The van der Waals surface area contributed by atoms with Gasteiger partial charge in [0.05, 0.1) is 6.61 Å². The molecule has 0 aromatic heterocycles. The van der Waals surface area contributed by atoms with Gasteiger partial charge in [-0.15, -0.1) is 0 Å². The average Bonchev–Trinajstić information content (AvgIpc) is 2.34. The molecule has 0 saturated carbocycles. The Labute approximate surface area is 58.7 Å². The molecule has 0 bridgehead atoms. The Bertz CT molecular complexity index is 183. The van der Waals surface area contributed by atoms with Gasteiger partial charge < -0.3 is 4.74 Å². The number of allylic oxidation sites excluding steroid dienone is 1. The number of ketones is 1. The van der Waals surface area contributed by atoms with Crippen molar-refractivity contribution in [3.63, 3.8) is 0 Å². The first-order valence-corrected chi connectivity index (χ1v) is 3.08. The second-order valence-electron chi connectivity index (χ2n) is 2.12. The van der Waals surface area contributed by atoms with Crippen LogP contribution in [0.1, 0.15) is 6.42 Å². The lowest BCUT2D eigenvalue weighted by molar-refractivity contribution is -0.143. The number of hydrogen-bond acceptors (Lipinski definition) is 3. The average molecular weight is 140 g/mol. The lowest BCUT2D eigenvalue weighted by Crippen LogP contribution is -2.16. The Hall–Kier alpha value is -1.12. The van der Waals surface area contributed by atoms with E-state index in [1.54, 1.807) is 0 Å². The van der Waals surface area contributed by atoms with Crippen LogP contribution < -0.4 is 0 Å². The highest BCUT2D eigenvalue weighted by molar-refractivity contribution is 6.05. The smallest absolute Gasteiger partial charge is 0.316 e. The van der Waals surface area contributed by atoms with E-state index in [-0.39, 0.29) is 5.78 Å². The first-order chi connectivity index (χ1) is 4.75. The van der Waals surface area contributed by atoms with E-state index >= 15 is 0 Å². The Morgan fingerprint density at radius 1 is 1.80 bits per heavy atom. The fourth-order valence-corrected chi connectivity index (χ4v) is 0.896. The molecule has 0 aromatic carbocycles. The Balaban J connectivity index is 2.63. The van der Waals surface area contributed by atoms with Gasteiger partial charge in [0.25, 0.3) is 0 Å². The van der Waals surface area contributed by atoms with Crippen LogP contribution in [-0.2, 0) is 14.3 Å². The van der Waals surface area contributed by atoms with Crippen LogP contribution in [0, 0.1) is 5.92 Å². The van der Waals surface area contributed by atoms with Crippen molar-refractivity contribution in [2.45, 2.75) is 6.42 Å². The summed E-state index contributed by atoms with van der Waals surface area (Å²) in [6.07, 6.45) is 1.67. The second kappa shape index (κ2) is 2.64. The van der Waals surface area contributed by atoms with E-state index in [1.807, 2.05) is 0 Å². The molecular formula is C7H8O3. The normalized spacial score (nSPS) is 24.0. The van der Waals surface area contributed by atoms with Crippen LogP contribution in [-0.4, -0.2) is 18.4 Å². The van der Waals surface area contributed by atoms with Crippen LogP contribution in [0.15, 0.2) is 12.7 Å². The molecule has 54 valence electrons. The van der Waals surface area contributed by atoms with Crippen molar-refractivity contribution < 1.29 is 14.3 Å². The maximum absolute atomic E-state index is 10.8.